The SMILES string of the molecule is O=c1nc(-c2c(F)cccc2F)oc(=O)n1-c1ccccc1. The van der Waals surface area contributed by atoms with Gasteiger partial charge in [-0.1, -0.05) is 24.3 Å². The van der Waals surface area contributed by atoms with Gasteiger partial charge in [-0.3, -0.25) is 0 Å². The highest BCUT2D eigenvalue weighted by atomic mass is 19.1. The number of nitrogens with zero attached hydrogens (tertiary/aromatic N) is 2. The standard InChI is InChI=1S/C15H8F2N2O3/c16-10-7-4-8-11(17)12(10)13-18-14(20)19(15(21)22-13)9-5-2-1-3-6-9/h1-8H. The number of halogens is 2. The molecular weight excluding hydrogens is 294 g/mol. The monoisotopic (exact) mass is 302 g/mol. The predicted molar refractivity (Wildman–Crippen MR) is 73.7 cm³/mol. The molecule has 2 aromatic carbocycles. The van der Waals surface area contributed by atoms with Crippen molar-refractivity contribution in [2.45, 2.75) is 0 Å². The van der Waals surface area contributed by atoms with E-state index in [2.05, 4.69) is 4.98 Å². The van der Waals surface area contributed by atoms with Gasteiger partial charge >= 0.3 is 11.4 Å². The zero-order chi connectivity index (χ0) is 15.7. The van der Waals surface area contributed by atoms with Crippen LogP contribution < -0.4 is 11.4 Å². The van der Waals surface area contributed by atoms with Crippen LogP contribution in [0.2, 0.25) is 0 Å². The third-order valence-electron chi connectivity index (χ3n) is 2.95. The van der Waals surface area contributed by atoms with Gasteiger partial charge in [-0.05, 0) is 24.3 Å². The molecule has 0 atom stereocenters. The molecule has 22 heavy (non-hydrogen) atoms. The van der Waals surface area contributed by atoms with E-state index >= 15 is 0 Å². The van der Waals surface area contributed by atoms with Gasteiger partial charge in [0.15, 0.2) is 0 Å². The summed E-state index contributed by atoms with van der Waals surface area (Å²) in [6.07, 6.45) is 0. The second-order valence-corrected chi connectivity index (χ2v) is 4.34. The van der Waals surface area contributed by atoms with Crippen LogP contribution in [0.25, 0.3) is 17.1 Å². The van der Waals surface area contributed by atoms with E-state index in [1.807, 2.05) is 0 Å². The first-order chi connectivity index (χ1) is 10.6. The van der Waals surface area contributed by atoms with Crippen LogP contribution >= 0.6 is 0 Å². The van der Waals surface area contributed by atoms with E-state index in [1.54, 1.807) is 18.2 Å². The average molecular weight is 302 g/mol. The minimum Gasteiger partial charge on any atom is -0.389 e. The van der Waals surface area contributed by atoms with Crippen molar-refractivity contribution in [1.82, 2.24) is 9.55 Å². The fourth-order valence-corrected chi connectivity index (χ4v) is 1.97. The van der Waals surface area contributed by atoms with Gasteiger partial charge in [0.1, 0.15) is 17.2 Å². The van der Waals surface area contributed by atoms with Gasteiger partial charge in [-0.25, -0.2) is 18.4 Å². The summed E-state index contributed by atoms with van der Waals surface area (Å²) >= 11 is 0. The average Bonchev–Trinajstić information content (AvgIpc) is 2.47. The van der Waals surface area contributed by atoms with Crippen LogP contribution in [-0.4, -0.2) is 9.55 Å². The molecule has 1 aromatic heterocycles. The molecule has 0 aliphatic heterocycles. The molecule has 3 rings (SSSR count). The second kappa shape index (κ2) is 5.36. The largest absolute Gasteiger partial charge is 0.429 e. The van der Waals surface area contributed by atoms with Gasteiger partial charge in [0.25, 0.3) is 0 Å². The lowest BCUT2D eigenvalue weighted by Gasteiger charge is -2.05. The molecule has 0 bridgehead atoms. The summed E-state index contributed by atoms with van der Waals surface area (Å²) in [6, 6.07) is 11.0. The van der Waals surface area contributed by atoms with E-state index in [-0.39, 0.29) is 5.69 Å². The molecule has 1 heterocycles. The van der Waals surface area contributed by atoms with Gasteiger partial charge in [0.2, 0.25) is 5.89 Å². The first-order valence-corrected chi connectivity index (χ1v) is 6.22. The molecule has 0 amide bonds. The Morgan fingerprint density at radius 3 is 2.14 bits per heavy atom. The van der Waals surface area contributed by atoms with Crippen molar-refractivity contribution in [1.29, 1.82) is 0 Å². The molecule has 3 aromatic rings. The van der Waals surface area contributed by atoms with Gasteiger partial charge in [0.05, 0.1) is 5.69 Å². The van der Waals surface area contributed by atoms with Crippen molar-refractivity contribution in [3.05, 3.63) is 81.2 Å². The van der Waals surface area contributed by atoms with Crippen molar-refractivity contribution in [3.63, 3.8) is 0 Å². The summed E-state index contributed by atoms with van der Waals surface area (Å²) in [5.74, 6) is -3.73. The Hall–Kier alpha value is -3.09. The molecule has 0 spiro atoms. The molecule has 0 unspecified atom stereocenters. The van der Waals surface area contributed by atoms with Gasteiger partial charge < -0.3 is 4.42 Å². The summed E-state index contributed by atoms with van der Waals surface area (Å²) < 4.78 is 32.8. The Bertz CT molecular complexity index is 897. The Morgan fingerprint density at radius 2 is 1.55 bits per heavy atom. The Morgan fingerprint density at radius 1 is 0.909 bits per heavy atom. The molecule has 0 fully saturated rings. The van der Waals surface area contributed by atoms with Crippen LogP contribution in [-0.2, 0) is 0 Å². The maximum absolute atomic E-state index is 13.7. The maximum Gasteiger partial charge on any atom is 0.429 e. The van der Waals surface area contributed by atoms with E-state index in [9.17, 15) is 18.4 Å². The van der Waals surface area contributed by atoms with Crippen LogP contribution in [0.5, 0.6) is 0 Å². The second-order valence-electron chi connectivity index (χ2n) is 4.34. The van der Waals surface area contributed by atoms with Crippen molar-refractivity contribution in [2.24, 2.45) is 0 Å². The number of hydrogen-bond acceptors (Lipinski definition) is 4. The highest BCUT2D eigenvalue weighted by molar-refractivity contribution is 5.54. The first kappa shape index (κ1) is 13.9. The lowest BCUT2D eigenvalue weighted by molar-refractivity contribution is 0.440. The Balaban J connectivity index is 2.24. The lowest BCUT2D eigenvalue weighted by atomic mass is 10.2. The molecule has 0 aliphatic rings. The smallest absolute Gasteiger partial charge is 0.389 e. The van der Waals surface area contributed by atoms with Crippen LogP contribution in [0.4, 0.5) is 8.78 Å². The van der Waals surface area contributed by atoms with E-state index in [0.717, 1.165) is 18.2 Å². The highest BCUT2D eigenvalue weighted by Crippen LogP contribution is 2.22. The molecule has 110 valence electrons. The van der Waals surface area contributed by atoms with E-state index in [4.69, 9.17) is 4.42 Å². The van der Waals surface area contributed by atoms with Crippen molar-refractivity contribution >= 4 is 0 Å². The number of benzene rings is 2. The molecule has 0 radical (unpaired) electrons. The van der Waals surface area contributed by atoms with Crippen molar-refractivity contribution < 1.29 is 13.2 Å². The molecule has 0 aliphatic carbocycles. The van der Waals surface area contributed by atoms with E-state index in [0.29, 0.717) is 4.57 Å². The van der Waals surface area contributed by atoms with Crippen LogP contribution in [0.1, 0.15) is 0 Å². The van der Waals surface area contributed by atoms with E-state index < -0.39 is 34.5 Å². The number of rotatable bonds is 2. The molecule has 0 N–H and O–H groups in total. The minimum atomic E-state index is -1.08. The Kier molecular flexibility index (Phi) is 3.38. The molecule has 5 nitrogen and oxygen atoms in total. The third-order valence-corrected chi connectivity index (χ3v) is 2.95. The van der Waals surface area contributed by atoms with Gasteiger partial charge in [-0.15, -0.1) is 0 Å². The summed E-state index contributed by atoms with van der Waals surface area (Å²) in [5, 5.41) is 0. The van der Waals surface area contributed by atoms with Gasteiger partial charge in [0, 0.05) is 0 Å². The van der Waals surface area contributed by atoms with Crippen LogP contribution in [0.3, 0.4) is 0 Å². The molecule has 7 heteroatoms. The predicted octanol–water partition coefficient (Wildman–Crippen LogP) is 2.13. The van der Waals surface area contributed by atoms with Crippen LogP contribution in [0.15, 0.2) is 62.5 Å². The van der Waals surface area contributed by atoms with Crippen molar-refractivity contribution in [3.8, 4) is 17.1 Å². The first-order valence-electron chi connectivity index (χ1n) is 6.22. The number of para-hydroxylation sites is 1. The number of aromatic nitrogens is 2. The summed E-state index contributed by atoms with van der Waals surface area (Å²) in [7, 11) is 0. The summed E-state index contributed by atoms with van der Waals surface area (Å²) in [4.78, 5) is 27.4. The minimum absolute atomic E-state index is 0.245. The topological polar surface area (TPSA) is 65.1 Å². The summed E-state index contributed by atoms with van der Waals surface area (Å²) in [6.45, 7) is 0. The zero-order valence-corrected chi connectivity index (χ0v) is 11.0. The quantitative estimate of drug-likeness (QED) is 0.727. The maximum atomic E-state index is 13.7. The van der Waals surface area contributed by atoms with Gasteiger partial charge in [-0.2, -0.15) is 9.55 Å². The highest BCUT2D eigenvalue weighted by Gasteiger charge is 2.18. The molecule has 0 saturated carbocycles. The number of hydrogen-bond donors (Lipinski definition) is 0. The normalized spacial score (nSPS) is 10.6. The summed E-state index contributed by atoms with van der Waals surface area (Å²) in [5.41, 5.74) is -1.40. The molecular formula is C15H8F2N2O3. The fourth-order valence-electron chi connectivity index (χ4n) is 1.97. The zero-order valence-electron chi connectivity index (χ0n) is 11.0. The fraction of sp³-hybridized carbons (Fsp3) is 0. The van der Waals surface area contributed by atoms with Crippen LogP contribution in [0, 0.1) is 11.6 Å². The lowest BCUT2D eigenvalue weighted by Crippen LogP contribution is -2.33. The van der Waals surface area contributed by atoms with Crippen molar-refractivity contribution in [2.75, 3.05) is 0 Å². The third kappa shape index (κ3) is 2.32. The Labute approximate surface area is 122 Å². The van der Waals surface area contributed by atoms with E-state index in [1.165, 1.54) is 12.1 Å². The molecule has 0 saturated heterocycles.